The molecule has 0 saturated carbocycles. The van der Waals surface area contributed by atoms with Crippen molar-refractivity contribution in [2.45, 2.75) is 13.5 Å². The molecule has 0 aliphatic rings. The van der Waals surface area contributed by atoms with Gasteiger partial charge in [0.1, 0.15) is 18.1 Å². The van der Waals surface area contributed by atoms with Gasteiger partial charge in [0.25, 0.3) is 0 Å². The molecule has 1 atom stereocenters. The summed E-state index contributed by atoms with van der Waals surface area (Å²) in [6.45, 7) is 1.91. The smallest absolute Gasteiger partial charge is 0.493 e. The minimum Gasteiger partial charge on any atom is -0.493 e. The molecule has 1 unspecified atom stereocenters. The monoisotopic (exact) mass is 661 g/mol. The van der Waals surface area contributed by atoms with Gasteiger partial charge in [0.05, 0.1) is 21.3 Å². The van der Waals surface area contributed by atoms with E-state index in [4.69, 9.17) is 41.4 Å². The van der Waals surface area contributed by atoms with E-state index in [9.17, 15) is 0 Å². The van der Waals surface area contributed by atoms with E-state index in [2.05, 4.69) is 4.98 Å². The molecule has 0 aliphatic heterocycles. The van der Waals surface area contributed by atoms with Crippen molar-refractivity contribution in [2.75, 3.05) is 21.3 Å². The van der Waals surface area contributed by atoms with E-state index in [-0.39, 0.29) is 6.61 Å². The number of aromatic nitrogens is 1. The second kappa shape index (κ2) is 16.5. The molecule has 12 heteroatoms. The predicted molar refractivity (Wildman–Crippen MR) is 176 cm³/mol. The third-order valence-electron chi connectivity index (χ3n) is 6.32. The zero-order chi connectivity index (χ0) is 32.1. The summed E-state index contributed by atoms with van der Waals surface area (Å²) in [5, 5.41) is 0. The summed E-state index contributed by atoms with van der Waals surface area (Å²) in [4.78, 5) is 4.53. The fourth-order valence-corrected chi connectivity index (χ4v) is 6.11. The Bertz CT molecular complexity index is 1660. The van der Waals surface area contributed by atoms with E-state index < -0.39 is 17.2 Å². The lowest BCUT2D eigenvalue weighted by Crippen LogP contribution is -2.07. The molecule has 4 aromatic carbocycles. The molecular weight excluding hydrogens is 628 g/mol. The van der Waals surface area contributed by atoms with E-state index in [0.29, 0.717) is 51.7 Å². The van der Waals surface area contributed by atoms with Crippen LogP contribution in [0.4, 0.5) is 0 Å². The van der Waals surface area contributed by atoms with Gasteiger partial charge in [-0.2, -0.15) is 0 Å². The Morgan fingerprint density at radius 1 is 0.457 bits per heavy atom. The second-order valence-corrected chi connectivity index (χ2v) is 11.4. The van der Waals surface area contributed by atoms with Gasteiger partial charge in [0, 0.05) is 6.20 Å². The van der Waals surface area contributed by atoms with E-state index in [1.807, 2.05) is 67.6 Å². The maximum Gasteiger partial charge on any atom is 0.530 e. The van der Waals surface area contributed by atoms with Crippen molar-refractivity contribution in [1.29, 1.82) is 0 Å². The van der Waals surface area contributed by atoms with Crippen LogP contribution in [0.5, 0.6) is 46.0 Å². The normalized spacial score (nSPS) is 11.3. The number of benzene rings is 4. The minimum absolute atomic E-state index is 0.0334. The Hall–Kier alpha value is -4.75. The number of pyridine rings is 1. The maximum atomic E-state index is 6.36. The summed E-state index contributed by atoms with van der Waals surface area (Å²) in [6, 6.07) is 32.9. The van der Waals surface area contributed by atoms with Crippen LogP contribution in [0, 0.1) is 6.92 Å². The summed E-state index contributed by atoms with van der Waals surface area (Å²) in [5.74, 6) is 3.95. The molecule has 46 heavy (non-hydrogen) atoms. The molecule has 238 valence electrons. The number of para-hydroxylation sites is 7. The van der Waals surface area contributed by atoms with Crippen LogP contribution in [-0.4, -0.2) is 26.3 Å². The van der Waals surface area contributed by atoms with Crippen LogP contribution in [0.15, 0.2) is 115 Å². The summed E-state index contributed by atoms with van der Waals surface area (Å²) < 4.78 is 53.9. The quantitative estimate of drug-likeness (QED) is 0.0953. The Kier molecular flexibility index (Phi) is 11.7. The van der Waals surface area contributed by atoms with Gasteiger partial charge in [-0.25, -0.2) is 0 Å². The number of hydrogen-bond donors (Lipinski definition) is 0. The van der Waals surface area contributed by atoms with Crippen LogP contribution >= 0.6 is 17.2 Å². The van der Waals surface area contributed by atoms with Crippen LogP contribution in [0.3, 0.4) is 0 Å². The van der Waals surface area contributed by atoms with Crippen LogP contribution in [0.2, 0.25) is 0 Å². The van der Waals surface area contributed by atoms with Gasteiger partial charge in [-0.05, 0) is 67.1 Å². The predicted octanol–water partition coefficient (Wildman–Crippen LogP) is 9.08. The van der Waals surface area contributed by atoms with Crippen molar-refractivity contribution in [3.05, 3.63) is 127 Å². The van der Waals surface area contributed by atoms with Crippen LogP contribution in [-0.2, 0) is 11.1 Å². The highest BCUT2D eigenvalue weighted by molar-refractivity contribution is 7.43. The highest BCUT2D eigenvalue weighted by Gasteiger charge is 2.26. The first kappa shape index (κ1) is 32.6. The Morgan fingerprint density at radius 3 is 1.35 bits per heavy atom. The average Bonchev–Trinajstić information content (AvgIpc) is 3.09. The molecule has 10 nitrogen and oxygen atoms in total. The first-order chi connectivity index (χ1) is 22.6. The molecule has 0 saturated heterocycles. The number of ether oxygens (including phenoxy) is 3. The summed E-state index contributed by atoms with van der Waals surface area (Å²) in [6.07, 6.45) is 1.64. The zero-order valence-corrected chi connectivity index (χ0v) is 27.5. The van der Waals surface area contributed by atoms with Gasteiger partial charge < -0.3 is 36.8 Å². The molecule has 1 aromatic heterocycles. The van der Waals surface area contributed by atoms with Crippen LogP contribution in [0.25, 0.3) is 0 Å². The fraction of sp³-hybridized carbons (Fsp3) is 0.147. The van der Waals surface area contributed by atoms with Gasteiger partial charge >= 0.3 is 17.2 Å². The van der Waals surface area contributed by atoms with Crippen molar-refractivity contribution in [3.63, 3.8) is 0 Å². The molecule has 0 spiro atoms. The second-order valence-electron chi connectivity index (χ2n) is 9.34. The highest BCUT2D eigenvalue weighted by atomic mass is 31.2. The first-order valence-electron chi connectivity index (χ1n) is 14.1. The SMILES string of the molecule is COc1ccccc1OP(OCc1ncccc1OP(Oc1ccccc1C)Oc1ccccc1OC)Oc1ccccc1OC. The molecule has 0 fully saturated rings. The summed E-state index contributed by atoms with van der Waals surface area (Å²) in [7, 11) is 0.638. The molecule has 5 aromatic rings. The first-order valence-corrected chi connectivity index (χ1v) is 16.3. The lowest BCUT2D eigenvalue weighted by Gasteiger charge is -2.22. The number of rotatable bonds is 16. The lowest BCUT2D eigenvalue weighted by atomic mass is 10.2. The standard InChI is InChI=1S/C34H33NO9P2/c1-25-14-5-6-15-27(25)40-46(44-34-21-12-9-18-31(34)38-4)41-28-22-13-23-35-26(28)24-39-45(42-32-19-10-7-16-29(32)36-2)43-33-20-11-8-17-30(33)37-3/h5-23H,24H2,1-4H3. The molecule has 0 radical (unpaired) electrons. The van der Waals surface area contributed by atoms with Crippen molar-refractivity contribution in [1.82, 2.24) is 4.98 Å². The van der Waals surface area contributed by atoms with E-state index >= 15 is 0 Å². The van der Waals surface area contributed by atoms with Gasteiger partial charge in [-0.1, -0.05) is 54.6 Å². The van der Waals surface area contributed by atoms with Crippen LogP contribution in [0.1, 0.15) is 11.3 Å². The van der Waals surface area contributed by atoms with Gasteiger partial charge in [0.15, 0.2) is 40.2 Å². The van der Waals surface area contributed by atoms with Crippen molar-refractivity contribution >= 4 is 17.2 Å². The van der Waals surface area contributed by atoms with Gasteiger partial charge in [-0.15, -0.1) is 0 Å². The molecule has 1 heterocycles. The topological polar surface area (TPSA) is 96.0 Å². The van der Waals surface area contributed by atoms with E-state index in [0.717, 1.165) is 5.56 Å². The molecule has 5 rings (SSSR count). The third-order valence-corrected chi connectivity index (χ3v) is 8.39. The lowest BCUT2D eigenvalue weighted by molar-refractivity contribution is 0.244. The molecule has 0 bridgehead atoms. The molecule has 0 amide bonds. The number of nitrogens with zero attached hydrogens (tertiary/aromatic N) is 1. The van der Waals surface area contributed by atoms with Crippen LogP contribution < -0.4 is 36.8 Å². The number of aryl methyl sites for hydroxylation is 1. The van der Waals surface area contributed by atoms with Gasteiger partial charge in [0.2, 0.25) is 0 Å². The number of hydrogen-bond acceptors (Lipinski definition) is 10. The summed E-state index contributed by atoms with van der Waals surface area (Å²) >= 11 is 0. The maximum absolute atomic E-state index is 6.36. The van der Waals surface area contributed by atoms with Crippen molar-refractivity contribution in [3.8, 4) is 46.0 Å². The summed E-state index contributed by atoms with van der Waals surface area (Å²) in [5.41, 5.74) is 1.39. The Morgan fingerprint density at radius 2 is 0.848 bits per heavy atom. The van der Waals surface area contributed by atoms with E-state index in [1.165, 1.54) is 0 Å². The van der Waals surface area contributed by atoms with Crippen molar-refractivity contribution in [2.24, 2.45) is 0 Å². The molecule has 0 aliphatic carbocycles. The van der Waals surface area contributed by atoms with Gasteiger partial charge in [-0.3, -0.25) is 9.51 Å². The third kappa shape index (κ3) is 8.70. The zero-order valence-electron chi connectivity index (χ0n) is 25.7. The Labute approximate surface area is 270 Å². The number of methoxy groups -OCH3 is 3. The van der Waals surface area contributed by atoms with Crippen molar-refractivity contribution < 1.29 is 41.4 Å². The molecular formula is C34H33NO9P2. The highest BCUT2D eigenvalue weighted by Crippen LogP contribution is 2.49. The fourth-order valence-electron chi connectivity index (χ4n) is 4.00. The largest absolute Gasteiger partial charge is 0.530 e. The average molecular weight is 662 g/mol. The minimum atomic E-state index is -2.03. The van der Waals surface area contributed by atoms with E-state index in [1.54, 1.807) is 76.1 Å². The molecule has 0 N–H and O–H groups in total. The Balaban J connectivity index is 1.39.